The van der Waals surface area contributed by atoms with Gasteiger partial charge >= 0.3 is 0 Å². The molecule has 0 saturated carbocycles. The van der Waals surface area contributed by atoms with Gasteiger partial charge in [0.15, 0.2) is 0 Å². The number of rotatable bonds is 6. The van der Waals surface area contributed by atoms with E-state index in [2.05, 4.69) is 87.5 Å². The molecule has 2 aromatic heterocycles. The van der Waals surface area contributed by atoms with E-state index in [1.807, 2.05) is 82.3 Å². The van der Waals surface area contributed by atoms with Gasteiger partial charge in [-0.05, 0) is 93.7 Å². The van der Waals surface area contributed by atoms with Crippen molar-refractivity contribution in [3.8, 4) is 67.5 Å². The maximum absolute atomic E-state index is 12.1. The largest absolute Gasteiger partial charge is 0.507 e. The van der Waals surface area contributed by atoms with Crippen LogP contribution >= 0.6 is 0 Å². The second-order valence-corrected chi connectivity index (χ2v) is 18.6. The first-order valence-electron chi connectivity index (χ1n) is 25.2. The molecule has 8 aromatic rings. The Morgan fingerprint density at radius 2 is 1.30 bits per heavy atom. The average Bonchev–Trinajstić information content (AvgIpc) is 3.67. The molecule has 5 heteroatoms. The zero-order valence-electron chi connectivity index (χ0n) is 46.3. The topological polar surface area (TPSA) is 50.9 Å². The molecule has 0 unspecified atom stereocenters. The zero-order chi connectivity index (χ0) is 51.3. The Morgan fingerprint density at radius 3 is 1.97 bits per heavy atom. The fourth-order valence-electron chi connectivity index (χ4n) is 7.45. The van der Waals surface area contributed by atoms with Gasteiger partial charge in [0.1, 0.15) is 11.6 Å². The number of imidazole rings is 1. The van der Waals surface area contributed by atoms with Gasteiger partial charge in [-0.2, -0.15) is 0 Å². The maximum atomic E-state index is 12.1. The van der Waals surface area contributed by atoms with Gasteiger partial charge in [0, 0.05) is 42.6 Å². The summed E-state index contributed by atoms with van der Waals surface area (Å²) in [5.74, 6) is 0.613. The summed E-state index contributed by atoms with van der Waals surface area (Å²) in [7, 11) is 0. The Kier molecular flexibility index (Phi) is 8.64. The number of benzene rings is 6. The van der Waals surface area contributed by atoms with Gasteiger partial charge in [-0.3, -0.25) is 9.55 Å². The average molecular weight is 992 g/mol. The summed E-state index contributed by atoms with van der Waals surface area (Å²) in [5, 5.41) is 12.1. The smallest absolute Gasteiger partial charge is 0.148 e. The number of hydrogen-bond donors (Lipinski definition) is 1. The second-order valence-electron chi connectivity index (χ2n) is 18.6. The number of aromatic hydroxyl groups is 1. The van der Waals surface area contributed by atoms with E-state index >= 15 is 0 Å². The maximum Gasteiger partial charge on any atom is 0.148 e. The van der Waals surface area contributed by atoms with E-state index in [9.17, 15) is 6.48 Å². The summed E-state index contributed by atoms with van der Waals surface area (Å²) in [6.07, 6.45) is -0.585. The van der Waals surface area contributed by atoms with Crippen molar-refractivity contribution >= 4 is 11.0 Å². The molecule has 0 aliphatic rings. The summed E-state index contributed by atoms with van der Waals surface area (Å²) >= 11 is 0. The van der Waals surface area contributed by atoms with Gasteiger partial charge in [0.2, 0.25) is 0 Å². The van der Waals surface area contributed by atoms with Crippen LogP contribution in [-0.4, -0.2) is 19.6 Å². The first-order valence-corrected chi connectivity index (χ1v) is 20.2. The minimum absolute atomic E-state index is 0. The Hall–Kier alpha value is -5.57. The third-order valence-electron chi connectivity index (χ3n) is 11.0. The normalized spacial score (nSPS) is 14.7. The minimum atomic E-state index is -2.97. The number of aryl methyl sites for hydroxylation is 1. The van der Waals surface area contributed by atoms with Crippen molar-refractivity contribution in [3.05, 3.63) is 167 Å². The Bertz CT molecular complexity index is 3390. The van der Waals surface area contributed by atoms with Crippen molar-refractivity contribution in [1.29, 1.82) is 0 Å². The number of aromatic nitrogens is 3. The fraction of sp³-hybridized carbons (Fsp3) is 0.250. The van der Waals surface area contributed by atoms with Crippen LogP contribution in [0.2, 0.25) is 0 Å². The molecule has 2 heterocycles. The van der Waals surface area contributed by atoms with Crippen LogP contribution in [0.1, 0.15) is 104 Å². The molecule has 0 fully saturated rings. The number of fused-ring (bicyclic) bond motifs is 1. The Morgan fingerprint density at radius 1 is 0.639 bits per heavy atom. The third-order valence-corrected chi connectivity index (χ3v) is 11.0. The van der Waals surface area contributed by atoms with E-state index in [4.69, 9.17) is 17.3 Å². The molecule has 4 nitrogen and oxygen atoms in total. The van der Waals surface area contributed by atoms with Crippen LogP contribution in [0, 0.1) is 19.8 Å². The van der Waals surface area contributed by atoms with Crippen molar-refractivity contribution in [2.24, 2.45) is 0 Å². The molecule has 0 spiro atoms. The first kappa shape index (κ1) is 32.2. The van der Waals surface area contributed by atoms with Gasteiger partial charge in [0.25, 0.3) is 0 Å². The predicted molar refractivity (Wildman–Crippen MR) is 252 cm³/mol. The molecule has 0 aliphatic heterocycles. The fourth-order valence-corrected chi connectivity index (χ4v) is 7.45. The van der Waals surface area contributed by atoms with E-state index < -0.39 is 65.8 Å². The van der Waals surface area contributed by atoms with Gasteiger partial charge in [0.05, 0.1) is 31.9 Å². The molecule has 0 radical (unpaired) electrons. The van der Waals surface area contributed by atoms with Crippen LogP contribution in [0.25, 0.3) is 72.7 Å². The Labute approximate surface area is 391 Å². The van der Waals surface area contributed by atoms with Crippen LogP contribution in [0.5, 0.6) is 5.75 Å². The standard InChI is InChI=1S/C56H56N3O.Pt/c1-35-20-22-37(23-21-35)39-26-27-57-48(32-39)41-29-40(30-44(31-41)56(9,10)11)45-18-15-19-50-51(45)58-53(47-34-43(55(6,7)8)28-36(2)52(47)60)59(50)49-25-24-42(54(3,4)5)33-46(49)38-16-13-12-14-17-38;/h12-28,30-34,60H,1-11H3;/q-1;/i1D3,20D,21D,22D,23D,26D,27D,32D;. The van der Waals surface area contributed by atoms with Crippen molar-refractivity contribution < 1.29 is 39.9 Å². The molecular weight excluding hydrogens is 926 g/mol. The monoisotopic (exact) mass is 991 g/mol. The molecule has 0 saturated heterocycles. The number of phenolic OH excluding ortho intramolecular Hbond substituents is 1. The van der Waals surface area contributed by atoms with E-state index in [1.54, 1.807) is 6.07 Å². The molecule has 1 N–H and O–H groups in total. The molecule has 0 amide bonds. The molecule has 312 valence electrons. The van der Waals surface area contributed by atoms with Crippen LogP contribution < -0.4 is 0 Å². The van der Waals surface area contributed by atoms with Gasteiger partial charge in [-0.25, -0.2) is 4.98 Å². The van der Waals surface area contributed by atoms with Crippen molar-refractivity contribution in [2.75, 3.05) is 0 Å². The SMILES string of the molecule is [2H]c1nc(-c2[c-]c(-c3cccc4c3nc(-c3cc(C(C)(C)C)cc(C)c3O)n4-c3ccc(C(C)(C)C)cc3-c3ccccc3)cc(C(C)(C)C)c2)c([2H])c(-c2c([2H])c([2H])c(C([2H])([2H])[2H])c([2H])c2[2H])c1[2H].[Pt]. The van der Waals surface area contributed by atoms with E-state index in [1.165, 1.54) is 0 Å². The predicted octanol–water partition coefficient (Wildman–Crippen LogP) is 14.8. The number of nitrogens with zero attached hydrogens (tertiary/aromatic N) is 3. The van der Waals surface area contributed by atoms with Crippen LogP contribution in [0.15, 0.2) is 133 Å². The molecular formula is C56H56N3OPt-. The minimum Gasteiger partial charge on any atom is -0.507 e. The molecule has 6 aromatic carbocycles. The summed E-state index contributed by atoms with van der Waals surface area (Å²) in [6, 6.07) is 29.7. The number of para-hydroxylation sites is 1. The molecule has 0 bridgehead atoms. The van der Waals surface area contributed by atoms with E-state index in [0.717, 1.165) is 39.0 Å². The Balaban J connectivity index is 0.00000741. The molecule has 8 rings (SSSR count). The van der Waals surface area contributed by atoms with Crippen molar-refractivity contribution in [2.45, 2.75) is 92.3 Å². The second kappa shape index (κ2) is 16.4. The number of pyridine rings is 1. The van der Waals surface area contributed by atoms with Crippen LogP contribution in [-0.2, 0) is 37.3 Å². The number of phenols is 1. The van der Waals surface area contributed by atoms with Crippen LogP contribution in [0.3, 0.4) is 0 Å². The summed E-state index contributed by atoms with van der Waals surface area (Å²) in [6.45, 7) is 18.0. The van der Waals surface area contributed by atoms with Crippen molar-refractivity contribution in [1.82, 2.24) is 14.5 Å². The van der Waals surface area contributed by atoms with Crippen molar-refractivity contribution in [3.63, 3.8) is 0 Å². The molecule has 0 atom stereocenters. The summed E-state index contributed by atoms with van der Waals surface area (Å²) < 4.78 is 88.0. The van der Waals surface area contributed by atoms with Gasteiger partial charge in [-0.15, -0.1) is 29.3 Å². The first-order chi connectivity index (χ1) is 32.5. The molecule has 0 aliphatic carbocycles. The quantitative estimate of drug-likeness (QED) is 0.169. The van der Waals surface area contributed by atoms with Crippen LogP contribution in [0.4, 0.5) is 0 Å². The van der Waals surface area contributed by atoms with Gasteiger partial charge < -0.3 is 5.11 Å². The van der Waals surface area contributed by atoms with Gasteiger partial charge in [-0.1, -0.05) is 164 Å². The summed E-state index contributed by atoms with van der Waals surface area (Å²) in [5.41, 5.74) is 7.20. The number of hydrogen-bond acceptors (Lipinski definition) is 3. The summed E-state index contributed by atoms with van der Waals surface area (Å²) in [4.78, 5) is 9.90. The molecule has 61 heavy (non-hydrogen) atoms. The van der Waals surface area contributed by atoms with E-state index in [-0.39, 0.29) is 54.5 Å². The zero-order valence-corrected chi connectivity index (χ0v) is 38.5. The third kappa shape index (κ3) is 8.66. The van der Waals surface area contributed by atoms with E-state index in [0.29, 0.717) is 33.6 Å².